The number of benzene rings is 6. The van der Waals surface area contributed by atoms with Gasteiger partial charge in [-0.05, 0) is 133 Å². The van der Waals surface area contributed by atoms with Gasteiger partial charge in [-0.2, -0.15) is 0 Å². The van der Waals surface area contributed by atoms with Crippen molar-refractivity contribution < 1.29 is 5.11 Å². The normalized spacial score (nSPS) is 12.8. The van der Waals surface area contributed by atoms with Crippen LogP contribution in [-0.4, -0.2) is 11.7 Å². The van der Waals surface area contributed by atoms with Gasteiger partial charge in [0.15, 0.2) is 0 Å². The average Bonchev–Trinajstić information content (AvgIpc) is 3.32. The van der Waals surface area contributed by atoms with Gasteiger partial charge in [0.25, 0.3) is 0 Å². The number of nitrogens with zero attached hydrogens (tertiary/aromatic N) is 2. The van der Waals surface area contributed by atoms with Gasteiger partial charge in [0.2, 0.25) is 0 Å². The first-order valence-electron chi connectivity index (χ1n) is 16.2. The summed E-state index contributed by atoms with van der Waals surface area (Å²) in [4.78, 5) is 4.70. The van der Waals surface area contributed by atoms with Gasteiger partial charge < -0.3 is 14.9 Å². The molecule has 3 nitrogen and oxygen atoms in total. The Morgan fingerprint density at radius 3 is 1.30 bits per heavy atom. The summed E-state index contributed by atoms with van der Waals surface area (Å²) in [6, 6.07) is 52.5. The minimum absolute atomic E-state index is 0.165. The second-order valence-corrected chi connectivity index (χ2v) is 12.6. The second-order valence-electron chi connectivity index (χ2n) is 12.6. The lowest BCUT2D eigenvalue weighted by atomic mass is 9.76. The molecule has 0 unspecified atom stereocenters. The summed E-state index contributed by atoms with van der Waals surface area (Å²) in [6.07, 6.45) is 1.58. The van der Waals surface area contributed by atoms with E-state index in [-0.39, 0.29) is 12.0 Å². The van der Waals surface area contributed by atoms with E-state index in [0.29, 0.717) is 0 Å². The Hall–Kier alpha value is -5.12. The van der Waals surface area contributed by atoms with Gasteiger partial charge >= 0.3 is 0 Å². The maximum atomic E-state index is 10.1. The first kappa shape index (κ1) is 29.6. The van der Waals surface area contributed by atoms with E-state index in [1.807, 2.05) is 0 Å². The molecule has 0 radical (unpaired) electrons. The van der Waals surface area contributed by atoms with Crippen LogP contribution in [0.3, 0.4) is 0 Å². The molecule has 0 aromatic heterocycles. The molecule has 0 atom stereocenters. The molecule has 0 saturated heterocycles. The predicted octanol–water partition coefficient (Wildman–Crippen LogP) is 11.3. The number of fused-ring (bicyclic) bond motifs is 3. The quantitative estimate of drug-likeness (QED) is 0.179. The van der Waals surface area contributed by atoms with Crippen LogP contribution in [0, 0.1) is 13.8 Å². The number of rotatable bonds is 9. The van der Waals surface area contributed by atoms with E-state index in [1.165, 1.54) is 33.4 Å². The van der Waals surface area contributed by atoms with Crippen LogP contribution >= 0.6 is 0 Å². The zero-order valence-corrected chi connectivity index (χ0v) is 26.8. The molecule has 228 valence electrons. The van der Waals surface area contributed by atoms with Gasteiger partial charge in [-0.15, -0.1) is 0 Å². The molecule has 0 fully saturated rings. The van der Waals surface area contributed by atoms with Gasteiger partial charge in [-0.3, -0.25) is 0 Å². The molecule has 0 bridgehead atoms. The maximum absolute atomic E-state index is 10.1. The molecule has 0 spiro atoms. The lowest BCUT2D eigenvalue weighted by Gasteiger charge is -2.31. The monoisotopic (exact) mass is 600 g/mol. The van der Waals surface area contributed by atoms with E-state index >= 15 is 0 Å². The van der Waals surface area contributed by atoms with E-state index in [1.54, 1.807) is 0 Å². The standard InChI is InChI=1S/C43H40N2O/c1-31-13-10-19-35(27-31)44(33-15-6-4-7-16-33)37-21-23-39-40-24-22-38(30-42(40)43(3,25-12-26-46)41(39)29-37)45(34-17-8-5-9-18-34)36-20-11-14-32(2)28-36/h4-11,13-24,27-30,46H,12,25-26H2,1-3H3. The maximum Gasteiger partial charge on any atom is 0.0465 e. The molecule has 7 rings (SSSR count). The number of anilines is 6. The molecule has 0 heterocycles. The van der Waals surface area contributed by atoms with Crippen LogP contribution in [0.4, 0.5) is 34.1 Å². The summed E-state index contributed by atoms with van der Waals surface area (Å²) in [5, 5.41) is 10.1. The lowest BCUT2D eigenvalue weighted by Crippen LogP contribution is -2.22. The van der Waals surface area contributed by atoms with Crippen molar-refractivity contribution in [3.63, 3.8) is 0 Å². The third-order valence-electron chi connectivity index (χ3n) is 9.39. The minimum Gasteiger partial charge on any atom is -0.396 e. The van der Waals surface area contributed by atoms with E-state index in [9.17, 15) is 5.11 Å². The number of aliphatic hydroxyl groups excluding tert-OH is 1. The molecule has 0 amide bonds. The molecule has 6 aromatic carbocycles. The molecular weight excluding hydrogens is 560 g/mol. The molecule has 3 heteroatoms. The number of aliphatic hydroxyl groups is 1. The smallest absolute Gasteiger partial charge is 0.0465 e. The molecular formula is C43H40N2O. The third kappa shape index (κ3) is 5.37. The SMILES string of the molecule is Cc1cccc(N(c2ccccc2)c2ccc3c(c2)C(C)(CCCO)c2cc(N(c4ccccc4)c4cccc(C)c4)ccc2-3)c1. The van der Waals surface area contributed by atoms with Crippen molar-refractivity contribution >= 4 is 34.1 Å². The summed E-state index contributed by atoms with van der Waals surface area (Å²) in [5.74, 6) is 0. The van der Waals surface area contributed by atoms with Gasteiger partial charge in [-0.25, -0.2) is 0 Å². The number of hydrogen-bond donors (Lipinski definition) is 1. The summed E-state index contributed by atoms with van der Waals surface area (Å²) in [5.41, 5.74) is 14.1. The van der Waals surface area contributed by atoms with E-state index in [0.717, 1.165) is 47.0 Å². The Morgan fingerprint density at radius 2 is 0.891 bits per heavy atom. The molecule has 1 N–H and O–H groups in total. The fraction of sp³-hybridized carbons (Fsp3) is 0.163. The summed E-state index contributed by atoms with van der Waals surface area (Å²) >= 11 is 0. The lowest BCUT2D eigenvalue weighted by molar-refractivity contribution is 0.273. The Kier molecular flexibility index (Phi) is 7.94. The molecule has 1 aliphatic carbocycles. The minimum atomic E-state index is -0.274. The highest BCUT2D eigenvalue weighted by Crippen LogP contribution is 2.54. The number of aryl methyl sites for hydroxylation is 2. The highest BCUT2D eigenvalue weighted by molar-refractivity contribution is 5.88. The Balaban J connectivity index is 1.38. The zero-order chi connectivity index (χ0) is 31.7. The van der Waals surface area contributed by atoms with Crippen LogP contribution in [-0.2, 0) is 5.41 Å². The highest BCUT2D eigenvalue weighted by atomic mass is 16.2. The summed E-state index contributed by atoms with van der Waals surface area (Å²) in [7, 11) is 0. The van der Waals surface area contributed by atoms with Crippen molar-refractivity contribution in [2.45, 2.75) is 39.0 Å². The molecule has 0 saturated carbocycles. The Bertz CT molecular complexity index is 1840. The van der Waals surface area contributed by atoms with Gasteiger partial charge in [-0.1, -0.05) is 79.7 Å². The second kappa shape index (κ2) is 12.3. The topological polar surface area (TPSA) is 26.7 Å². The first-order valence-corrected chi connectivity index (χ1v) is 16.2. The van der Waals surface area contributed by atoms with E-state index in [4.69, 9.17) is 0 Å². The van der Waals surface area contributed by atoms with Gasteiger partial charge in [0.05, 0.1) is 0 Å². The van der Waals surface area contributed by atoms with Crippen molar-refractivity contribution in [1.29, 1.82) is 0 Å². The van der Waals surface area contributed by atoms with Crippen LogP contribution in [0.25, 0.3) is 11.1 Å². The summed E-state index contributed by atoms with van der Waals surface area (Å²) in [6.45, 7) is 6.81. The van der Waals surface area contributed by atoms with E-state index in [2.05, 4.69) is 176 Å². The van der Waals surface area contributed by atoms with Crippen LogP contribution < -0.4 is 9.80 Å². The number of hydrogen-bond acceptors (Lipinski definition) is 3. The fourth-order valence-corrected chi connectivity index (χ4v) is 7.16. The molecule has 1 aliphatic rings. The third-order valence-corrected chi connectivity index (χ3v) is 9.39. The van der Waals surface area contributed by atoms with Crippen LogP contribution in [0.1, 0.15) is 42.0 Å². The van der Waals surface area contributed by atoms with Crippen molar-refractivity contribution in [2.75, 3.05) is 16.4 Å². The van der Waals surface area contributed by atoms with Crippen molar-refractivity contribution in [3.8, 4) is 11.1 Å². The summed E-state index contributed by atoms with van der Waals surface area (Å²) < 4.78 is 0. The highest BCUT2D eigenvalue weighted by Gasteiger charge is 2.40. The zero-order valence-electron chi connectivity index (χ0n) is 26.8. The van der Waals surface area contributed by atoms with E-state index < -0.39 is 0 Å². The van der Waals surface area contributed by atoms with Crippen LogP contribution in [0.2, 0.25) is 0 Å². The van der Waals surface area contributed by atoms with Gasteiger partial charge in [0, 0.05) is 46.1 Å². The molecule has 6 aromatic rings. The van der Waals surface area contributed by atoms with Crippen LogP contribution in [0.5, 0.6) is 0 Å². The van der Waals surface area contributed by atoms with Crippen molar-refractivity contribution in [2.24, 2.45) is 0 Å². The van der Waals surface area contributed by atoms with Gasteiger partial charge in [0.1, 0.15) is 0 Å². The average molecular weight is 601 g/mol. The Morgan fingerprint density at radius 1 is 0.478 bits per heavy atom. The number of para-hydroxylation sites is 2. The van der Waals surface area contributed by atoms with Crippen molar-refractivity contribution in [3.05, 3.63) is 168 Å². The Labute approximate surface area is 273 Å². The molecule has 46 heavy (non-hydrogen) atoms. The van der Waals surface area contributed by atoms with Crippen LogP contribution in [0.15, 0.2) is 146 Å². The molecule has 0 aliphatic heterocycles. The first-order chi connectivity index (χ1) is 22.5. The van der Waals surface area contributed by atoms with Crippen molar-refractivity contribution in [1.82, 2.24) is 0 Å². The largest absolute Gasteiger partial charge is 0.396 e. The fourth-order valence-electron chi connectivity index (χ4n) is 7.16. The predicted molar refractivity (Wildman–Crippen MR) is 193 cm³/mol.